The van der Waals surface area contributed by atoms with Gasteiger partial charge in [-0.2, -0.15) is 0 Å². The highest BCUT2D eigenvalue weighted by atomic mass is 16.2. The minimum Gasteiger partial charge on any atom is -0.352 e. The third-order valence-electron chi connectivity index (χ3n) is 6.70. The number of aryl methyl sites for hydroxylation is 1. The van der Waals surface area contributed by atoms with Crippen LogP contribution < -0.4 is 10.6 Å². The number of carbonyl (C=O) groups is 3. The molecule has 2 atom stereocenters. The zero-order valence-electron chi connectivity index (χ0n) is 19.1. The van der Waals surface area contributed by atoms with Gasteiger partial charge in [0.05, 0.1) is 0 Å². The summed E-state index contributed by atoms with van der Waals surface area (Å²) in [6.07, 6.45) is 9.40. The second kappa shape index (κ2) is 10.6. The van der Waals surface area contributed by atoms with Gasteiger partial charge in [0.2, 0.25) is 11.8 Å². The number of aromatic nitrogens is 1. The lowest BCUT2D eigenvalue weighted by molar-refractivity contribution is -0.140. The molecule has 174 valence electrons. The molecule has 2 aromatic rings. The number of pyridine rings is 1. The summed E-state index contributed by atoms with van der Waals surface area (Å²) in [7, 11) is 0. The predicted molar refractivity (Wildman–Crippen MR) is 126 cm³/mol. The first kappa shape index (κ1) is 23.0. The fourth-order valence-corrected chi connectivity index (χ4v) is 4.89. The van der Waals surface area contributed by atoms with Gasteiger partial charge in [-0.25, -0.2) is 0 Å². The molecular weight excluding hydrogens is 416 g/mol. The molecule has 0 unspecified atom stereocenters. The van der Waals surface area contributed by atoms with Crippen LogP contribution in [0, 0.1) is 6.92 Å². The summed E-state index contributed by atoms with van der Waals surface area (Å²) in [5.41, 5.74) is 2.24. The molecule has 2 fully saturated rings. The second-order valence-corrected chi connectivity index (χ2v) is 9.09. The Bertz CT molecular complexity index is 988. The average Bonchev–Trinajstić information content (AvgIpc) is 3.51. The molecule has 1 aliphatic heterocycles. The third kappa shape index (κ3) is 5.59. The van der Waals surface area contributed by atoms with Crippen LogP contribution >= 0.6 is 0 Å². The van der Waals surface area contributed by atoms with E-state index in [1.807, 2.05) is 37.3 Å². The van der Waals surface area contributed by atoms with E-state index in [0.29, 0.717) is 24.9 Å². The minimum absolute atomic E-state index is 0.0712. The Balaban J connectivity index is 1.52. The molecule has 1 aromatic carbocycles. The molecule has 7 heteroatoms. The lowest BCUT2D eigenvalue weighted by Gasteiger charge is -2.29. The zero-order valence-corrected chi connectivity index (χ0v) is 19.1. The van der Waals surface area contributed by atoms with Gasteiger partial charge in [-0.15, -0.1) is 0 Å². The van der Waals surface area contributed by atoms with E-state index in [-0.39, 0.29) is 23.8 Å². The smallest absolute Gasteiger partial charge is 0.252 e. The number of carbonyl (C=O) groups excluding carboxylic acids is 3. The van der Waals surface area contributed by atoms with Gasteiger partial charge in [0, 0.05) is 37.0 Å². The lowest BCUT2D eigenvalue weighted by Crippen LogP contribution is -2.55. The van der Waals surface area contributed by atoms with E-state index in [4.69, 9.17) is 0 Å². The summed E-state index contributed by atoms with van der Waals surface area (Å²) in [4.78, 5) is 45.5. The summed E-state index contributed by atoms with van der Waals surface area (Å²) in [5.74, 6) is -0.579. The Morgan fingerprint density at radius 3 is 2.58 bits per heavy atom. The molecule has 4 rings (SSSR count). The molecule has 1 aliphatic carbocycles. The molecule has 0 spiro atoms. The van der Waals surface area contributed by atoms with E-state index in [1.165, 1.54) is 0 Å². The quantitative estimate of drug-likeness (QED) is 0.681. The van der Waals surface area contributed by atoms with Gasteiger partial charge in [0.1, 0.15) is 12.1 Å². The number of rotatable bonds is 7. The largest absolute Gasteiger partial charge is 0.352 e. The second-order valence-electron chi connectivity index (χ2n) is 9.09. The average molecular weight is 449 g/mol. The maximum atomic E-state index is 13.7. The van der Waals surface area contributed by atoms with Crippen molar-refractivity contribution in [1.82, 2.24) is 20.5 Å². The van der Waals surface area contributed by atoms with Gasteiger partial charge in [0.15, 0.2) is 0 Å². The first-order valence-electron chi connectivity index (χ1n) is 11.9. The van der Waals surface area contributed by atoms with Gasteiger partial charge < -0.3 is 15.5 Å². The Morgan fingerprint density at radius 2 is 1.85 bits per heavy atom. The number of amides is 3. The van der Waals surface area contributed by atoms with Crippen molar-refractivity contribution in [2.24, 2.45) is 0 Å². The highest BCUT2D eigenvalue weighted by Gasteiger charge is 2.38. The van der Waals surface area contributed by atoms with Crippen LogP contribution in [0.1, 0.15) is 60.0 Å². The van der Waals surface area contributed by atoms with E-state index < -0.39 is 12.1 Å². The number of benzene rings is 1. The monoisotopic (exact) mass is 448 g/mol. The van der Waals surface area contributed by atoms with Crippen molar-refractivity contribution in [3.05, 3.63) is 65.5 Å². The Kier molecular flexibility index (Phi) is 7.37. The van der Waals surface area contributed by atoms with Gasteiger partial charge >= 0.3 is 0 Å². The summed E-state index contributed by atoms with van der Waals surface area (Å²) in [6.45, 7) is 2.39. The van der Waals surface area contributed by atoms with Crippen molar-refractivity contribution < 1.29 is 14.4 Å². The number of nitrogens with zero attached hydrogens (tertiary/aromatic N) is 2. The predicted octanol–water partition coefficient (Wildman–Crippen LogP) is 2.78. The topological polar surface area (TPSA) is 91.4 Å². The van der Waals surface area contributed by atoms with Crippen LogP contribution in [0.15, 0.2) is 48.8 Å². The SMILES string of the molecule is Cc1ccccc1C(=O)N[C@@H](Cc1cccnc1)C(=O)N1CCC[C@H]1C(=O)NC1CCCC1. The standard InChI is InChI=1S/C26H32N4O3/c1-18-8-2-5-12-21(18)24(31)29-22(16-19-9-6-14-27-17-19)26(33)30-15-7-13-23(30)25(32)28-20-10-3-4-11-20/h2,5-6,8-9,12,14,17,20,22-23H,3-4,7,10-11,13,15-16H2,1H3,(H,28,32)(H,29,31)/t22-,23-/m0/s1. The van der Waals surface area contributed by atoms with E-state index in [1.54, 1.807) is 23.4 Å². The first-order chi connectivity index (χ1) is 16.0. The molecule has 1 saturated heterocycles. The molecule has 1 saturated carbocycles. The number of hydrogen-bond donors (Lipinski definition) is 2. The minimum atomic E-state index is -0.777. The van der Waals surface area contributed by atoms with Crippen molar-refractivity contribution in [2.75, 3.05) is 6.54 Å². The van der Waals surface area contributed by atoms with Crippen molar-refractivity contribution >= 4 is 17.7 Å². The van der Waals surface area contributed by atoms with E-state index in [2.05, 4.69) is 15.6 Å². The maximum Gasteiger partial charge on any atom is 0.252 e. The van der Waals surface area contributed by atoms with E-state index >= 15 is 0 Å². The van der Waals surface area contributed by atoms with E-state index in [9.17, 15) is 14.4 Å². The van der Waals surface area contributed by atoms with Gasteiger partial charge in [-0.3, -0.25) is 19.4 Å². The maximum absolute atomic E-state index is 13.7. The summed E-state index contributed by atoms with van der Waals surface area (Å²) < 4.78 is 0. The summed E-state index contributed by atoms with van der Waals surface area (Å²) >= 11 is 0. The zero-order chi connectivity index (χ0) is 23.2. The normalized spacial score (nSPS) is 19.3. The van der Waals surface area contributed by atoms with Gasteiger partial charge in [-0.1, -0.05) is 37.1 Å². The van der Waals surface area contributed by atoms with Crippen LogP contribution in [0.4, 0.5) is 0 Å². The molecule has 2 aliphatic rings. The fourth-order valence-electron chi connectivity index (χ4n) is 4.89. The Morgan fingerprint density at radius 1 is 1.06 bits per heavy atom. The molecule has 0 radical (unpaired) electrons. The van der Waals surface area contributed by atoms with Crippen molar-refractivity contribution in [1.29, 1.82) is 0 Å². The van der Waals surface area contributed by atoms with Crippen LogP contribution in [-0.4, -0.2) is 52.3 Å². The molecule has 33 heavy (non-hydrogen) atoms. The fraction of sp³-hybridized carbons (Fsp3) is 0.462. The number of nitrogens with one attached hydrogen (secondary N) is 2. The molecule has 7 nitrogen and oxygen atoms in total. The van der Waals surface area contributed by atoms with Gasteiger partial charge in [0.25, 0.3) is 5.91 Å². The Hall–Kier alpha value is -3.22. The summed E-state index contributed by atoms with van der Waals surface area (Å²) in [6, 6.07) is 9.97. The third-order valence-corrected chi connectivity index (χ3v) is 6.70. The molecule has 1 aromatic heterocycles. The van der Waals surface area contributed by atoms with Crippen molar-refractivity contribution in [3.63, 3.8) is 0 Å². The number of likely N-dealkylation sites (tertiary alicyclic amines) is 1. The van der Waals surface area contributed by atoms with Crippen LogP contribution in [0.25, 0.3) is 0 Å². The highest BCUT2D eigenvalue weighted by molar-refractivity contribution is 5.99. The Labute approximate surface area is 195 Å². The van der Waals surface area contributed by atoms with E-state index in [0.717, 1.165) is 43.2 Å². The highest BCUT2D eigenvalue weighted by Crippen LogP contribution is 2.22. The van der Waals surface area contributed by atoms with Crippen LogP contribution in [0.2, 0.25) is 0 Å². The number of hydrogen-bond acceptors (Lipinski definition) is 4. The van der Waals surface area contributed by atoms with Crippen molar-refractivity contribution in [3.8, 4) is 0 Å². The summed E-state index contributed by atoms with van der Waals surface area (Å²) in [5, 5.41) is 6.08. The molecule has 2 heterocycles. The van der Waals surface area contributed by atoms with Gasteiger partial charge in [-0.05, 0) is 55.9 Å². The molecule has 3 amide bonds. The van der Waals surface area contributed by atoms with Crippen LogP contribution in [-0.2, 0) is 16.0 Å². The molecular formula is C26H32N4O3. The van der Waals surface area contributed by atoms with Crippen molar-refractivity contribution in [2.45, 2.75) is 70.0 Å². The molecule has 2 N–H and O–H groups in total. The van der Waals surface area contributed by atoms with Crippen LogP contribution in [0.5, 0.6) is 0 Å². The molecule has 0 bridgehead atoms. The van der Waals surface area contributed by atoms with Crippen LogP contribution in [0.3, 0.4) is 0 Å². The first-order valence-corrected chi connectivity index (χ1v) is 11.9. The lowest BCUT2D eigenvalue weighted by atomic mass is 10.0.